The van der Waals surface area contributed by atoms with Crippen LogP contribution in [-0.4, -0.2) is 0 Å². The summed E-state index contributed by atoms with van der Waals surface area (Å²) < 4.78 is 0. The average molecular weight is 227 g/mol. The second-order valence-electron chi connectivity index (χ2n) is 4.27. The van der Waals surface area contributed by atoms with Gasteiger partial charge in [-0.25, -0.2) is 0 Å². The molecule has 0 aliphatic carbocycles. The van der Waals surface area contributed by atoms with Crippen LogP contribution in [0.3, 0.4) is 0 Å². The van der Waals surface area contributed by atoms with E-state index in [1.807, 2.05) is 32.0 Å². The second kappa shape index (κ2) is 4.11. The lowest BCUT2D eigenvalue weighted by atomic mass is 9.94. The Morgan fingerprint density at radius 3 is 2.38 bits per heavy atom. The van der Waals surface area contributed by atoms with Crippen molar-refractivity contribution >= 4 is 11.3 Å². The first-order valence-electron chi connectivity index (χ1n) is 5.20. The van der Waals surface area contributed by atoms with Crippen LogP contribution in [0.15, 0.2) is 42.5 Å². The molecule has 16 heavy (non-hydrogen) atoms. The summed E-state index contributed by atoms with van der Waals surface area (Å²) in [6.07, 6.45) is 0. The lowest BCUT2D eigenvalue weighted by molar-refractivity contribution is 0.703. The molecule has 0 N–H and O–H groups in total. The van der Waals surface area contributed by atoms with E-state index in [-0.39, 0.29) is 0 Å². The molecule has 1 heterocycles. The molecule has 0 spiro atoms. The molecule has 0 bridgehead atoms. The molecule has 0 saturated carbocycles. The van der Waals surface area contributed by atoms with Crippen LogP contribution in [0.1, 0.15) is 18.7 Å². The third-order valence-electron chi connectivity index (χ3n) is 2.56. The molecule has 0 aliphatic rings. The maximum absolute atomic E-state index is 9.08. The normalized spacial score (nSPS) is 11.1. The number of benzene rings is 1. The van der Waals surface area contributed by atoms with Crippen LogP contribution in [0, 0.1) is 11.3 Å². The van der Waals surface area contributed by atoms with Crippen molar-refractivity contribution in [1.29, 1.82) is 5.26 Å². The fourth-order valence-electron chi connectivity index (χ4n) is 1.49. The summed E-state index contributed by atoms with van der Waals surface area (Å²) >= 11 is 1.69. The summed E-state index contributed by atoms with van der Waals surface area (Å²) in [5.41, 5.74) is 0.824. The summed E-state index contributed by atoms with van der Waals surface area (Å²) in [5.74, 6) is 0. The van der Waals surface area contributed by atoms with E-state index in [0.717, 1.165) is 4.88 Å². The van der Waals surface area contributed by atoms with Crippen molar-refractivity contribution < 1.29 is 0 Å². The van der Waals surface area contributed by atoms with Gasteiger partial charge < -0.3 is 0 Å². The van der Waals surface area contributed by atoms with Gasteiger partial charge in [-0.2, -0.15) is 5.26 Å². The van der Waals surface area contributed by atoms with Gasteiger partial charge in [0.15, 0.2) is 0 Å². The average Bonchev–Trinajstić information content (AvgIpc) is 2.80. The Morgan fingerprint density at radius 2 is 1.75 bits per heavy atom. The Kier molecular flexibility index (Phi) is 2.80. The van der Waals surface area contributed by atoms with E-state index in [4.69, 9.17) is 5.26 Å². The standard InChI is InChI=1S/C14H13NS/c1-14(2,10-15)13-9-8-12(16-13)11-6-4-3-5-7-11/h3-9H,1-2H3. The van der Waals surface area contributed by atoms with Crippen molar-refractivity contribution in [2.24, 2.45) is 0 Å². The molecule has 0 atom stereocenters. The highest BCUT2D eigenvalue weighted by atomic mass is 32.1. The van der Waals surface area contributed by atoms with Gasteiger partial charge in [0.1, 0.15) is 0 Å². The van der Waals surface area contributed by atoms with E-state index in [0.29, 0.717) is 0 Å². The minimum absolute atomic E-state index is 0.391. The molecule has 2 heteroatoms. The first kappa shape index (κ1) is 10.9. The fraction of sp³-hybridized carbons (Fsp3) is 0.214. The Bertz CT molecular complexity index is 517. The predicted molar refractivity (Wildman–Crippen MR) is 68.4 cm³/mol. The van der Waals surface area contributed by atoms with Gasteiger partial charge in [0.25, 0.3) is 0 Å². The zero-order valence-corrected chi connectivity index (χ0v) is 10.2. The van der Waals surface area contributed by atoms with Gasteiger partial charge >= 0.3 is 0 Å². The van der Waals surface area contributed by atoms with Crippen molar-refractivity contribution in [2.45, 2.75) is 19.3 Å². The topological polar surface area (TPSA) is 23.8 Å². The Hall–Kier alpha value is -1.59. The summed E-state index contributed by atoms with van der Waals surface area (Å²) in [5, 5.41) is 9.08. The van der Waals surface area contributed by atoms with Gasteiger partial charge in [0, 0.05) is 9.75 Å². The van der Waals surface area contributed by atoms with Crippen LogP contribution in [0.2, 0.25) is 0 Å². The molecular weight excluding hydrogens is 214 g/mol. The van der Waals surface area contributed by atoms with Gasteiger partial charge in [-0.3, -0.25) is 0 Å². The molecule has 0 saturated heterocycles. The number of nitriles is 1. The fourth-order valence-corrected chi connectivity index (χ4v) is 2.55. The third kappa shape index (κ3) is 2.00. The quantitative estimate of drug-likeness (QED) is 0.753. The highest BCUT2D eigenvalue weighted by Crippen LogP contribution is 2.34. The molecule has 0 aliphatic heterocycles. The molecule has 1 nitrogen and oxygen atoms in total. The lowest BCUT2D eigenvalue weighted by Crippen LogP contribution is -2.10. The monoisotopic (exact) mass is 227 g/mol. The van der Waals surface area contributed by atoms with Crippen LogP contribution < -0.4 is 0 Å². The molecule has 2 aromatic rings. The number of rotatable bonds is 2. The van der Waals surface area contributed by atoms with E-state index in [1.165, 1.54) is 10.4 Å². The lowest BCUT2D eigenvalue weighted by Gasteiger charge is -2.11. The molecule has 0 fully saturated rings. The zero-order valence-electron chi connectivity index (χ0n) is 9.40. The van der Waals surface area contributed by atoms with E-state index in [9.17, 15) is 0 Å². The van der Waals surface area contributed by atoms with Crippen LogP contribution in [0.25, 0.3) is 10.4 Å². The highest BCUT2D eigenvalue weighted by Gasteiger charge is 2.21. The van der Waals surface area contributed by atoms with Crippen LogP contribution in [-0.2, 0) is 5.41 Å². The summed E-state index contributed by atoms with van der Waals surface area (Å²) in [6, 6.07) is 16.7. The number of thiophene rings is 1. The van der Waals surface area contributed by atoms with Crippen LogP contribution >= 0.6 is 11.3 Å². The molecular formula is C14H13NS. The van der Waals surface area contributed by atoms with Crippen LogP contribution in [0.4, 0.5) is 0 Å². The Balaban J connectivity index is 2.39. The van der Waals surface area contributed by atoms with E-state index in [1.54, 1.807) is 11.3 Å². The van der Waals surface area contributed by atoms with Crippen LogP contribution in [0.5, 0.6) is 0 Å². The zero-order chi connectivity index (χ0) is 11.6. The SMILES string of the molecule is CC(C)(C#N)c1ccc(-c2ccccc2)s1. The van der Waals surface area contributed by atoms with Gasteiger partial charge in [-0.05, 0) is 31.5 Å². The van der Waals surface area contributed by atoms with Gasteiger partial charge in [-0.15, -0.1) is 11.3 Å². The highest BCUT2D eigenvalue weighted by molar-refractivity contribution is 7.15. The first-order chi connectivity index (χ1) is 7.63. The minimum Gasteiger partial charge on any atom is -0.197 e. The Labute approximate surface area is 100.0 Å². The maximum atomic E-state index is 9.08. The number of hydrogen-bond acceptors (Lipinski definition) is 2. The first-order valence-corrected chi connectivity index (χ1v) is 6.02. The van der Waals surface area contributed by atoms with E-state index >= 15 is 0 Å². The van der Waals surface area contributed by atoms with E-state index in [2.05, 4.69) is 30.3 Å². The smallest absolute Gasteiger partial charge is 0.0859 e. The van der Waals surface area contributed by atoms with Crippen molar-refractivity contribution in [3.63, 3.8) is 0 Å². The summed E-state index contributed by atoms with van der Waals surface area (Å²) in [7, 11) is 0. The molecule has 1 aromatic heterocycles. The molecule has 80 valence electrons. The minimum atomic E-state index is -0.391. The van der Waals surface area contributed by atoms with Gasteiger partial charge in [0.05, 0.1) is 11.5 Å². The largest absolute Gasteiger partial charge is 0.197 e. The summed E-state index contributed by atoms with van der Waals surface area (Å²) in [4.78, 5) is 2.34. The van der Waals surface area contributed by atoms with Crippen molar-refractivity contribution in [2.75, 3.05) is 0 Å². The van der Waals surface area contributed by atoms with Gasteiger partial charge in [0.2, 0.25) is 0 Å². The molecule has 0 radical (unpaired) electrons. The van der Waals surface area contributed by atoms with Crippen molar-refractivity contribution in [3.05, 3.63) is 47.3 Å². The third-order valence-corrected chi connectivity index (χ3v) is 4.02. The number of hydrogen-bond donors (Lipinski definition) is 0. The van der Waals surface area contributed by atoms with Crippen molar-refractivity contribution in [3.8, 4) is 16.5 Å². The molecule has 1 aromatic carbocycles. The molecule has 0 unspecified atom stereocenters. The van der Waals surface area contributed by atoms with Crippen molar-refractivity contribution in [1.82, 2.24) is 0 Å². The maximum Gasteiger partial charge on any atom is 0.0859 e. The number of nitrogens with zero attached hydrogens (tertiary/aromatic N) is 1. The van der Waals surface area contributed by atoms with E-state index < -0.39 is 5.41 Å². The molecule has 0 amide bonds. The predicted octanol–water partition coefficient (Wildman–Crippen LogP) is 4.22. The summed E-state index contributed by atoms with van der Waals surface area (Å²) in [6.45, 7) is 3.90. The van der Waals surface area contributed by atoms with Gasteiger partial charge in [-0.1, -0.05) is 30.3 Å². The second-order valence-corrected chi connectivity index (χ2v) is 5.35. The molecule has 2 rings (SSSR count). The Morgan fingerprint density at radius 1 is 1.06 bits per heavy atom.